The van der Waals surface area contributed by atoms with Crippen LogP contribution in [0.15, 0.2) is 76.6 Å². The van der Waals surface area contributed by atoms with E-state index < -0.39 is 0 Å². The third-order valence-electron chi connectivity index (χ3n) is 5.06. The van der Waals surface area contributed by atoms with E-state index in [1.54, 1.807) is 26.0 Å². The summed E-state index contributed by atoms with van der Waals surface area (Å²) in [6, 6.07) is 22.1. The molecule has 0 saturated heterocycles. The van der Waals surface area contributed by atoms with E-state index >= 15 is 0 Å². The molecule has 3 aromatic carbocycles. The van der Waals surface area contributed by atoms with Crippen molar-refractivity contribution < 1.29 is 14.3 Å². The van der Waals surface area contributed by atoms with Crippen LogP contribution in [0.25, 0.3) is 0 Å². The van der Waals surface area contributed by atoms with Gasteiger partial charge in [-0.25, -0.2) is 0 Å². The Morgan fingerprint density at radius 2 is 1.81 bits per heavy atom. The number of para-hydroxylation sites is 1. The first-order valence-electron chi connectivity index (χ1n) is 10.0. The summed E-state index contributed by atoms with van der Waals surface area (Å²) in [5, 5.41) is 3.01. The molecule has 4 rings (SSSR count). The van der Waals surface area contributed by atoms with Gasteiger partial charge in [0.1, 0.15) is 0 Å². The van der Waals surface area contributed by atoms with E-state index in [4.69, 9.17) is 14.5 Å². The van der Waals surface area contributed by atoms with Crippen LogP contribution in [0, 0.1) is 0 Å². The van der Waals surface area contributed by atoms with Gasteiger partial charge < -0.3 is 14.8 Å². The van der Waals surface area contributed by atoms with Crippen LogP contribution in [0.4, 0.5) is 11.4 Å². The minimum absolute atomic E-state index is 0.0935. The van der Waals surface area contributed by atoms with Gasteiger partial charge >= 0.3 is 0 Å². The number of amides is 1. The molecule has 1 aliphatic rings. The van der Waals surface area contributed by atoms with Crippen molar-refractivity contribution in [3.63, 3.8) is 0 Å². The molecule has 5 nitrogen and oxygen atoms in total. The highest BCUT2D eigenvalue weighted by Crippen LogP contribution is 2.46. The van der Waals surface area contributed by atoms with Crippen molar-refractivity contribution in [1.29, 1.82) is 0 Å². The molecular weight excluding hydrogens is 408 g/mol. The van der Waals surface area contributed by atoms with Crippen molar-refractivity contribution in [3.05, 3.63) is 77.9 Å². The predicted molar refractivity (Wildman–Crippen MR) is 126 cm³/mol. The summed E-state index contributed by atoms with van der Waals surface area (Å²) in [5.74, 6) is 1.33. The molecular formula is C25H24N2O3S. The fourth-order valence-corrected chi connectivity index (χ4v) is 4.83. The van der Waals surface area contributed by atoms with Crippen LogP contribution in [-0.4, -0.2) is 25.8 Å². The molecule has 1 unspecified atom stereocenters. The number of hydrogen-bond acceptors (Lipinski definition) is 5. The number of carbonyl (C=O) groups excluding carboxylic acids is 1. The number of thioether (sulfide) groups is 1. The van der Waals surface area contributed by atoms with Gasteiger partial charge in [-0.05, 0) is 47.5 Å². The topological polar surface area (TPSA) is 59.9 Å². The lowest BCUT2D eigenvalue weighted by Crippen LogP contribution is -2.09. The molecule has 0 aliphatic carbocycles. The highest BCUT2D eigenvalue weighted by Gasteiger charge is 2.23. The number of nitrogens with one attached hydrogen (secondary N) is 1. The first-order valence-corrected chi connectivity index (χ1v) is 10.9. The van der Waals surface area contributed by atoms with Crippen LogP contribution >= 0.6 is 11.8 Å². The Morgan fingerprint density at radius 1 is 1.00 bits per heavy atom. The summed E-state index contributed by atoms with van der Waals surface area (Å²) in [5.41, 5.74) is 4.83. The lowest BCUT2D eigenvalue weighted by molar-refractivity contribution is -0.114. The van der Waals surface area contributed by atoms with Gasteiger partial charge in [0.15, 0.2) is 11.5 Å². The summed E-state index contributed by atoms with van der Waals surface area (Å²) in [6.45, 7) is 1.51. The summed E-state index contributed by atoms with van der Waals surface area (Å²) >= 11 is 1.80. The maximum atomic E-state index is 11.5. The average Bonchev–Trinajstić information content (AvgIpc) is 2.98. The van der Waals surface area contributed by atoms with Crippen molar-refractivity contribution in [2.75, 3.05) is 19.5 Å². The maximum absolute atomic E-state index is 11.5. The number of nitrogens with zero attached hydrogens (tertiary/aromatic N) is 1. The number of rotatable bonds is 5. The molecule has 0 saturated carbocycles. The van der Waals surface area contributed by atoms with E-state index in [1.165, 1.54) is 6.92 Å². The van der Waals surface area contributed by atoms with E-state index in [-0.39, 0.29) is 11.2 Å². The predicted octanol–water partition coefficient (Wildman–Crippen LogP) is 6.02. The average molecular weight is 433 g/mol. The first-order chi connectivity index (χ1) is 15.1. The van der Waals surface area contributed by atoms with Gasteiger partial charge in [-0.15, -0.1) is 11.8 Å². The molecule has 0 spiro atoms. The van der Waals surface area contributed by atoms with E-state index in [2.05, 4.69) is 17.4 Å². The first kappa shape index (κ1) is 21.0. The number of anilines is 1. The molecule has 3 aromatic rings. The van der Waals surface area contributed by atoms with Gasteiger partial charge in [0.05, 0.1) is 19.9 Å². The SMILES string of the molecule is COc1ccc(C2CC(c3cccc(NC(C)=O)c3)=Nc3ccccc3S2)cc1OC. The van der Waals surface area contributed by atoms with Crippen LogP contribution in [0.2, 0.25) is 0 Å². The number of methoxy groups -OCH3 is 2. The second-order valence-corrected chi connectivity index (χ2v) is 8.46. The van der Waals surface area contributed by atoms with Crippen molar-refractivity contribution in [2.45, 2.75) is 23.5 Å². The van der Waals surface area contributed by atoms with E-state index in [1.807, 2.05) is 54.6 Å². The molecule has 0 aromatic heterocycles. The minimum atomic E-state index is -0.0935. The number of fused-ring (bicyclic) bond motifs is 1. The Kier molecular flexibility index (Phi) is 6.28. The zero-order valence-electron chi connectivity index (χ0n) is 17.7. The van der Waals surface area contributed by atoms with Crippen molar-refractivity contribution in [2.24, 2.45) is 4.99 Å². The third-order valence-corrected chi connectivity index (χ3v) is 6.39. The summed E-state index contributed by atoms with van der Waals surface area (Å²) in [6.07, 6.45) is 0.734. The minimum Gasteiger partial charge on any atom is -0.493 e. The van der Waals surface area contributed by atoms with Crippen molar-refractivity contribution >= 4 is 34.8 Å². The Labute approximate surface area is 186 Å². The van der Waals surface area contributed by atoms with E-state index in [0.717, 1.165) is 39.5 Å². The quantitative estimate of drug-likeness (QED) is 0.536. The lowest BCUT2D eigenvalue weighted by Gasteiger charge is -2.18. The highest BCUT2D eigenvalue weighted by molar-refractivity contribution is 7.99. The lowest BCUT2D eigenvalue weighted by atomic mass is 10.0. The monoisotopic (exact) mass is 432 g/mol. The van der Waals surface area contributed by atoms with E-state index in [0.29, 0.717) is 11.5 Å². The maximum Gasteiger partial charge on any atom is 0.221 e. The zero-order chi connectivity index (χ0) is 21.8. The van der Waals surface area contributed by atoms with Crippen molar-refractivity contribution in [3.8, 4) is 11.5 Å². The molecule has 0 radical (unpaired) electrons. The second-order valence-electron chi connectivity index (χ2n) is 7.21. The number of ether oxygens (including phenoxy) is 2. The summed E-state index contributed by atoms with van der Waals surface area (Å²) < 4.78 is 10.9. The normalized spacial score (nSPS) is 15.3. The van der Waals surface area contributed by atoms with E-state index in [9.17, 15) is 4.79 Å². The largest absolute Gasteiger partial charge is 0.493 e. The summed E-state index contributed by atoms with van der Waals surface area (Å²) in [4.78, 5) is 17.6. The van der Waals surface area contributed by atoms with Crippen molar-refractivity contribution in [1.82, 2.24) is 0 Å². The van der Waals surface area contributed by atoms with Crippen LogP contribution in [0.1, 0.15) is 29.7 Å². The fraction of sp³-hybridized carbons (Fsp3) is 0.200. The molecule has 158 valence electrons. The van der Waals surface area contributed by atoms with Crippen LogP contribution in [0.3, 0.4) is 0 Å². The summed E-state index contributed by atoms with van der Waals surface area (Å²) in [7, 11) is 3.29. The number of benzene rings is 3. The number of aliphatic imine (C=N–C) groups is 1. The number of hydrogen-bond donors (Lipinski definition) is 1. The van der Waals surface area contributed by atoms with Gasteiger partial charge in [-0.1, -0.05) is 30.3 Å². The molecule has 1 amide bonds. The van der Waals surface area contributed by atoms with Gasteiger partial charge in [0, 0.05) is 34.9 Å². The fourth-order valence-electron chi connectivity index (χ4n) is 3.61. The smallest absolute Gasteiger partial charge is 0.221 e. The third kappa shape index (κ3) is 4.75. The van der Waals surface area contributed by atoms with Crippen LogP contribution in [-0.2, 0) is 4.79 Å². The Hall–Kier alpha value is -3.25. The zero-order valence-corrected chi connectivity index (χ0v) is 18.5. The highest BCUT2D eigenvalue weighted by atomic mass is 32.2. The van der Waals surface area contributed by atoms with Gasteiger partial charge in [-0.3, -0.25) is 9.79 Å². The standard InChI is InChI=1S/C25H24N2O3S/c1-16(28)26-19-8-6-7-17(13-19)21-15-25(31-24-10-5-4-9-20(24)27-21)18-11-12-22(29-2)23(14-18)30-3/h4-14,25H,15H2,1-3H3,(H,26,28). The number of carbonyl (C=O) groups is 1. The second kappa shape index (κ2) is 9.27. The molecule has 6 heteroatoms. The Balaban J connectivity index is 1.76. The molecule has 0 bridgehead atoms. The molecule has 0 fully saturated rings. The van der Waals surface area contributed by atoms with Crippen LogP contribution in [0.5, 0.6) is 11.5 Å². The molecule has 1 heterocycles. The Morgan fingerprint density at radius 3 is 2.58 bits per heavy atom. The molecule has 1 aliphatic heterocycles. The van der Waals surface area contributed by atoms with Crippen LogP contribution < -0.4 is 14.8 Å². The molecule has 1 N–H and O–H groups in total. The van der Waals surface area contributed by atoms with Gasteiger partial charge in [-0.2, -0.15) is 0 Å². The van der Waals surface area contributed by atoms with Gasteiger partial charge in [0.2, 0.25) is 5.91 Å². The van der Waals surface area contributed by atoms with Gasteiger partial charge in [0.25, 0.3) is 0 Å². The molecule has 1 atom stereocenters. The molecule has 31 heavy (non-hydrogen) atoms. The Bertz CT molecular complexity index is 1140.